The van der Waals surface area contributed by atoms with Crippen LogP contribution >= 0.6 is 0 Å². The van der Waals surface area contributed by atoms with Crippen LogP contribution in [0.15, 0.2) is 58.6 Å². The van der Waals surface area contributed by atoms with E-state index in [2.05, 4.69) is 5.32 Å². The van der Waals surface area contributed by atoms with Gasteiger partial charge in [0.25, 0.3) is 5.91 Å². The molecule has 0 aromatic carbocycles. The number of nitrogens with one attached hydrogen (secondary N) is 1. The molecule has 0 aromatic rings. The molecule has 5 unspecified atom stereocenters. The fourth-order valence-electron chi connectivity index (χ4n) is 4.52. The Bertz CT molecular complexity index is 1100. The quantitative estimate of drug-likeness (QED) is 0.372. The van der Waals surface area contributed by atoms with Crippen molar-refractivity contribution in [1.29, 1.82) is 0 Å². The first kappa shape index (κ1) is 30.7. The van der Waals surface area contributed by atoms with Gasteiger partial charge in [-0.2, -0.15) is 0 Å². The number of rotatable bonds is 3. The Balaban J connectivity index is 2.51. The molecule has 2 rings (SSSR count). The van der Waals surface area contributed by atoms with Gasteiger partial charge in [-0.25, -0.2) is 4.79 Å². The van der Waals surface area contributed by atoms with E-state index in [0.29, 0.717) is 12.0 Å². The van der Waals surface area contributed by atoms with Crippen molar-refractivity contribution in [3.8, 4) is 0 Å². The number of carbonyl (C=O) groups is 4. The minimum atomic E-state index is -0.930. The Morgan fingerprint density at radius 2 is 1.84 bits per heavy atom. The van der Waals surface area contributed by atoms with Crippen LogP contribution in [0.2, 0.25) is 0 Å². The second-order valence-corrected chi connectivity index (χ2v) is 9.74. The summed E-state index contributed by atoms with van der Waals surface area (Å²) in [5, 5.41) is 13.6. The number of hydrogen-bond acceptors (Lipinski definition) is 8. The molecule has 0 saturated carbocycles. The second kappa shape index (κ2) is 13.9. The predicted molar refractivity (Wildman–Crippen MR) is 140 cm³/mol. The molecule has 0 spiro atoms. The molecule has 0 radical (unpaired) electrons. The topological polar surface area (TPSA) is 154 Å². The van der Waals surface area contributed by atoms with Gasteiger partial charge in [-0.15, -0.1) is 0 Å². The predicted octanol–water partition coefficient (Wildman–Crippen LogP) is 2.78. The lowest BCUT2D eigenvalue weighted by Crippen LogP contribution is -2.36. The van der Waals surface area contributed by atoms with Gasteiger partial charge in [0.05, 0.1) is 25.0 Å². The van der Waals surface area contributed by atoms with E-state index in [1.807, 2.05) is 13.8 Å². The molecular formula is C28H38N2O8. The Kier molecular flexibility index (Phi) is 11.2. The summed E-state index contributed by atoms with van der Waals surface area (Å²) in [4.78, 5) is 50.2. The van der Waals surface area contributed by atoms with E-state index < -0.39 is 41.9 Å². The lowest BCUT2D eigenvalue weighted by atomic mass is 9.85. The van der Waals surface area contributed by atoms with Crippen LogP contribution in [0.1, 0.15) is 47.0 Å². The SMILES string of the molecule is COC1=C2CC(C)CC(OC)C(O)C(C)C=C(C)C(OC(N)=O)CC=CC=C(C)C(=O)NC(=CC1=O)C2=O. The monoisotopic (exact) mass is 530 g/mol. The van der Waals surface area contributed by atoms with Crippen LogP contribution in [0.3, 0.4) is 0 Å². The molecule has 1 heterocycles. The summed E-state index contributed by atoms with van der Waals surface area (Å²) < 4.78 is 16.1. The van der Waals surface area contributed by atoms with Crippen molar-refractivity contribution in [3.63, 3.8) is 0 Å². The molecule has 2 aliphatic rings. The van der Waals surface area contributed by atoms with Crippen LogP contribution in [-0.4, -0.2) is 61.2 Å². The standard InChI is InChI=1S/C28H38N2O8/c1-15-11-19-25(33)20(14-21(31)26(19)37-6)30-27(34)16(2)9-7-8-10-22(38-28(29)35)17(3)13-18(4)24(32)23(12-15)36-5/h7-9,13-15,18,22-24,32H,10-12H2,1-6H3,(H2,29,35)(H,30,34). The Morgan fingerprint density at radius 3 is 2.45 bits per heavy atom. The zero-order valence-corrected chi connectivity index (χ0v) is 22.8. The number of aliphatic hydroxyl groups is 1. The number of ether oxygens (including phenoxy) is 3. The van der Waals surface area contributed by atoms with Crippen LogP contribution in [-0.2, 0) is 28.6 Å². The van der Waals surface area contributed by atoms with Crippen molar-refractivity contribution >= 4 is 23.6 Å². The van der Waals surface area contributed by atoms with E-state index in [0.717, 1.165) is 6.08 Å². The first-order chi connectivity index (χ1) is 17.9. The van der Waals surface area contributed by atoms with Gasteiger partial charge in [0.15, 0.2) is 5.76 Å². The van der Waals surface area contributed by atoms with Gasteiger partial charge in [0.1, 0.15) is 6.10 Å². The number of methoxy groups -OCH3 is 2. The Hall–Kier alpha value is -3.50. The van der Waals surface area contributed by atoms with E-state index in [4.69, 9.17) is 19.9 Å². The largest absolute Gasteiger partial charge is 0.492 e. The first-order valence-electron chi connectivity index (χ1n) is 12.5. The number of carbonyl (C=O) groups excluding carboxylic acids is 4. The highest BCUT2D eigenvalue weighted by Crippen LogP contribution is 2.29. The third kappa shape index (κ3) is 8.00. The Labute approximate surface area is 223 Å². The van der Waals surface area contributed by atoms with Crippen LogP contribution in [0.5, 0.6) is 0 Å². The average molecular weight is 531 g/mol. The third-order valence-corrected chi connectivity index (χ3v) is 6.64. The van der Waals surface area contributed by atoms with Gasteiger partial charge < -0.3 is 30.4 Å². The number of fused-ring (bicyclic) bond motifs is 2. The lowest BCUT2D eigenvalue weighted by molar-refractivity contribution is -0.120. The van der Waals surface area contributed by atoms with Crippen LogP contribution in [0, 0.1) is 11.8 Å². The maximum absolute atomic E-state index is 13.3. The van der Waals surface area contributed by atoms with Gasteiger partial charge in [0.2, 0.25) is 11.6 Å². The van der Waals surface area contributed by atoms with Gasteiger partial charge >= 0.3 is 6.09 Å². The van der Waals surface area contributed by atoms with Crippen LogP contribution in [0.4, 0.5) is 4.79 Å². The lowest BCUT2D eigenvalue weighted by Gasteiger charge is -2.29. The molecule has 10 nitrogen and oxygen atoms in total. The molecule has 208 valence electrons. The number of nitrogens with two attached hydrogens (primary N) is 1. The summed E-state index contributed by atoms with van der Waals surface area (Å²) in [5.41, 5.74) is 6.26. The van der Waals surface area contributed by atoms with E-state index in [1.165, 1.54) is 20.3 Å². The number of primary amides is 1. The number of ketones is 2. The summed E-state index contributed by atoms with van der Waals surface area (Å²) in [5.74, 6) is -2.21. The van der Waals surface area contributed by atoms with Gasteiger partial charge in [0, 0.05) is 36.7 Å². The molecule has 0 aromatic heterocycles. The molecule has 5 atom stereocenters. The van der Waals surface area contributed by atoms with E-state index in [9.17, 15) is 24.3 Å². The van der Waals surface area contributed by atoms with E-state index in [-0.39, 0.29) is 47.3 Å². The van der Waals surface area contributed by atoms with Crippen molar-refractivity contribution in [2.24, 2.45) is 17.6 Å². The van der Waals surface area contributed by atoms with Crippen LogP contribution < -0.4 is 11.1 Å². The number of amides is 2. The van der Waals surface area contributed by atoms with E-state index in [1.54, 1.807) is 32.1 Å². The van der Waals surface area contributed by atoms with Crippen molar-refractivity contribution in [2.45, 2.75) is 65.3 Å². The van der Waals surface area contributed by atoms with Crippen molar-refractivity contribution < 1.29 is 38.5 Å². The number of Topliss-reactive ketones (excluding diaryl/α,β-unsaturated/α-hetero) is 1. The maximum atomic E-state index is 13.3. The normalized spacial score (nSPS) is 28.2. The van der Waals surface area contributed by atoms with Crippen molar-refractivity contribution in [1.82, 2.24) is 5.32 Å². The second-order valence-electron chi connectivity index (χ2n) is 9.74. The molecule has 0 saturated heterocycles. The fourth-order valence-corrected chi connectivity index (χ4v) is 4.52. The molecule has 0 fully saturated rings. The Morgan fingerprint density at radius 1 is 1.16 bits per heavy atom. The minimum absolute atomic E-state index is 0.0668. The summed E-state index contributed by atoms with van der Waals surface area (Å²) in [7, 11) is 2.81. The molecule has 2 amide bonds. The maximum Gasteiger partial charge on any atom is 0.405 e. The fraction of sp³-hybridized carbons (Fsp3) is 0.500. The number of aliphatic hydroxyl groups excluding tert-OH is 1. The highest BCUT2D eigenvalue weighted by molar-refractivity contribution is 6.23. The number of allylic oxidation sites excluding steroid dienone is 4. The van der Waals surface area contributed by atoms with E-state index >= 15 is 0 Å². The smallest absolute Gasteiger partial charge is 0.405 e. The van der Waals surface area contributed by atoms with Gasteiger partial charge in [-0.05, 0) is 38.2 Å². The molecular weight excluding hydrogens is 492 g/mol. The molecule has 4 N–H and O–H groups in total. The molecule has 2 bridgehead atoms. The summed E-state index contributed by atoms with van der Waals surface area (Å²) >= 11 is 0. The highest BCUT2D eigenvalue weighted by Gasteiger charge is 2.33. The van der Waals surface area contributed by atoms with Gasteiger partial charge in [-0.3, -0.25) is 14.4 Å². The zero-order chi connectivity index (χ0) is 28.6. The van der Waals surface area contributed by atoms with Crippen molar-refractivity contribution in [2.75, 3.05) is 14.2 Å². The van der Waals surface area contributed by atoms with Gasteiger partial charge in [-0.1, -0.05) is 38.2 Å². The molecule has 1 aliphatic carbocycles. The third-order valence-electron chi connectivity index (χ3n) is 6.64. The molecule has 10 heteroatoms. The average Bonchev–Trinajstić information content (AvgIpc) is 2.85. The minimum Gasteiger partial charge on any atom is -0.492 e. The number of hydrogen-bond donors (Lipinski definition) is 3. The highest BCUT2D eigenvalue weighted by atomic mass is 16.6. The van der Waals surface area contributed by atoms with Crippen LogP contribution in [0.25, 0.3) is 0 Å². The molecule has 1 aliphatic heterocycles. The van der Waals surface area contributed by atoms with Crippen molar-refractivity contribution in [3.05, 3.63) is 58.6 Å². The summed E-state index contributed by atoms with van der Waals surface area (Å²) in [6.07, 6.45) is 5.42. The summed E-state index contributed by atoms with van der Waals surface area (Å²) in [6, 6.07) is 0. The zero-order valence-electron chi connectivity index (χ0n) is 22.8. The molecule has 38 heavy (non-hydrogen) atoms. The first-order valence-corrected chi connectivity index (χ1v) is 12.5. The summed E-state index contributed by atoms with van der Waals surface area (Å²) in [6.45, 7) is 7.03.